The smallest absolute Gasteiger partial charge is 0.348 e. The van der Waals surface area contributed by atoms with Crippen LogP contribution in [0, 0.1) is 6.92 Å². The van der Waals surface area contributed by atoms with Gasteiger partial charge in [-0.1, -0.05) is 0 Å². The Labute approximate surface area is 128 Å². The van der Waals surface area contributed by atoms with E-state index in [4.69, 9.17) is 4.42 Å². The topological polar surface area (TPSA) is 110 Å². The monoisotopic (exact) mass is 326 g/mol. The third-order valence-electron chi connectivity index (χ3n) is 2.78. The summed E-state index contributed by atoms with van der Waals surface area (Å²) in [6, 6.07) is 2.31. The number of nitrogens with zero attached hydrogens (tertiary/aromatic N) is 3. The van der Waals surface area contributed by atoms with Gasteiger partial charge in [0.15, 0.2) is 5.69 Å². The lowest BCUT2D eigenvalue weighted by Crippen LogP contribution is -2.22. The van der Waals surface area contributed by atoms with E-state index in [1.165, 1.54) is 19.9 Å². The summed E-state index contributed by atoms with van der Waals surface area (Å²) < 4.78 is 29.9. The summed E-state index contributed by atoms with van der Waals surface area (Å²) in [6.07, 6.45) is 0.941. The van der Waals surface area contributed by atoms with Crippen molar-refractivity contribution in [2.75, 3.05) is 0 Å². The molecule has 10 heteroatoms. The van der Waals surface area contributed by atoms with E-state index in [1.54, 1.807) is 0 Å². The molecule has 0 bridgehead atoms. The fourth-order valence-corrected chi connectivity index (χ4v) is 1.74. The molecule has 0 atom stereocenters. The number of aromatic hydroxyl groups is 1. The van der Waals surface area contributed by atoms with E-state index in [2.05, 4.69) is 15.6 Å². The van der Waals surface area contributed by atoms with Crippen molar-refractivity contribution in [3.05, 3.63) is 45.8 Å². The van der Waals surface area contributed by atoms with E-state index >= 15 is 0 Å². The predicted octanol–water partition coefficient (Wildman–Crippen LogP) is 1.40. The summed E-state index contributed by atoms with van der Waals surface area (Å²) >= 11 is 0. The summed E-state index contributed by atoms with van der Waals surface area (Å²) in [5.41, 5.74) is 0.730. The first-order chi connectivity index (χ1) is 10.8. The number of hydrogen-bond donors (Lipinski definition) is 2. The van der Waals surface area contributed by atoms with Crippen molar-refractivity contribution in [3.63, 3.8) is 0 Å². The van der Waals surface area contributed by atoms with Crippen LogP contribution in [-0.2, 0) is 0 Å². The molecule has 0 aliphatic heterocycles. The maximum Gasteiger partial charge on any atom is 0.348 e. The van der Waals surface area contributed by atoms with Crippen molar-refractivity contribution in [1.82, 2.24) is 15.2 Å². The number of carbonyl (C=O) groups is 1. The van der Waals surface area contributed by atoms with Gasteiger partial charge in [-0.05, 0) is 19.9 Å². The maximum atomic E-state index is 12.4. The Bertz CT molecular complexity index is 826. The minimum Gasteiger partial charge on any atom is -0.507 e. The van der Waals surface area contributed by atoms with E-state index in [1.807, 2.05) is 0 Å². The number of hydrogen-bond acceptors (Lipinski definition) is 6. The second-order valence-electron chi connectivity index (χ2n) is 4.50. The normalized spacial score (nSPS) is 11.8. The van der Waals surface area contributed by atoms with E-state index < -0.39 is 18.1 Å². The highest BCUT2D eigenvalue weighted by atomic mass is 19.3. The van der Waals surface area contributed by atoms with Crippen LogP contribution in [0.25, 0.3) is 0 Å². The van der Waals surface area contributed by atoms with E-state index in [9.17, 15) is 23.5 Å². The molecule has 0 aromatic carbocycles. The number of aryl methyl sites for hydroxylation is 1. The molecule has 2 aromatic heterocycles. The van der Waals surface area contributed by atoms with Crippen molar-refractivity contribution in [1.29, 1.82) is 0 Å². The predicted molar refractivity (Wildman–Crippen MR) is 74.5 cm³/mol. The Balaban J connectivity index is 2.19. The molecule has 1 amide bonds. The molecule has 0 unspecified atom stereocenters. The number of hydrazone groups is 1. The summed E-state index contributed by atoms with van der Waals surface area (Å²) in [6.45, 7) is -0.0198. The SMILES string of the molecule is CC(=NNC(=O)c1ccn(C(F)F)n1)c1c(O)cc(C)oc1=O. The van der Waals surface area contributed by atoms with Crippen LogP contribution in [0.1, 0.15) is 35.3 Å². The molecule has 0 radical (unpaired) electrons. The van der Waals surface area contributed by atoms with Gasteiger partial charge in [-0.25, -0.2) is 14.9 Å². The highest BCUT2D eigenvalue weighted by Gasteiger charge is 2.15. The Kier molecular flexibility index (Phi) is 4.53. The standard InChI is InChI=1S/C13H12F2N4O4/c1-6-5-9(20)10(12(22)23-6)7(2)16-17-11(21)8-3-4-19(18-8)13(14)15/h3-5,13,20H,1-2H3,(H,17,21). The van der Waals surface area contributed by atoms with E-state index in [0.717, 1.165) is 12.3 Å². The highest BCUT2D eigenvalue weighted by molar-refractivity contribution is 6.01. The quantitative estimate of drug-likeness (QED) is 0.652. The number of carbonyl (C=O) groups excluding carboxylic acids is 1. The molecular weight excluding hydrogens is 314 g/mol. The van der Waals surface area contributed by atoms with Crippen LogP contribution in [0.15, 0.2) is 32.6 Å². The minimum atomic E-state index is -2.86. The molecule has 0 saturated carbocycles. The number of amides is 1. The van der Waals surface area contributed by atoms with Crippen LogP contribution in [0.2, 0.25) is 0 Å². The maximum absolute atomic E-state index is 12.4. The molecule has 2 heterocycles. The Morgan fingerprint density at radius 1 is 1.52 bits per heavy atom. The third kappa shape index (κ3) is 3.59. The number of alkyl halides is 2. The minimum absolute atomic E-state index is 0.0158. The average Bonchev–Trinajstić information content (AvgIpc) is 2.93. The van der Waals surface area contributed by atoms with Gasteiger partial charge < -0.3 is 9.52 Å². The molecule has 2 rings (SSSR count). The van der Waals surface area contributed by atoms with Gasteiger partial charge in [0, 0.05) is 12.3 Å². The first kappa shape index (κ1) is 16.3. The van der Waals surface area contributed by atoms with Gasteiger partial charge >= 0.3 is 12.2 Å². The third-order valence-corrected chi connectivity index (χ3v) is 2.78. The first-order valence-corrected chi connectivity index (χ1v) is 6.31. The van der Waals surface area contributed by atoms with Gasteiger partial charge in [0.2, 0.25) is 0 Å². The summed E-state index contributed by atoms with van der Waals surface area (Å²) in [5, 5.41) is 16.7. The molecule has 23 heavy (non-hydrogen) atoms. The van der Waals surface area contributed by atoms with Crippen molar-refractivity contribution in [2.45, 2.75) is 20.4 Å². The highest BCUT2D eigenvalue weighted by Crippen LogP contribution is 2.15. The fraction of sp³-hybridized carbons (Fsp3) is 0.231. The zero-order valence-corrected chi connectivity index (χ0v) is 12.1. The summed E-state index contributed by atoms with van der Waals surface area (Å²) in [7, 11) is 0. The van der Waals surface area contributed by atoms with Crippen LogP contribution < -0.4 is 11.1 Å². The summed E-state index contributed by atoms with van der Waals surface area (Å²) in [4.78, 5) is 23.4. The second kappa shape index (κ2) is 6.38. The first-order valence-electron chi connectivity index (χ1n) is 6.31. The molecule has 0 aliphatic carbocycles. The van der Waals surface area contributed by atoms with Crippen molar-refractivity contribution >= 4 is 11.6 Å². The Morgan fingerprint density at radius 2 is 2.22 bits per heavy atom. The van der Waals surface area contributed by atoms with Crippen molar-refractivity contribution in [2.24, 2.45) is 5.10 Å². The fourth-order valence-electron chi connectivity index (χ4n) is 1.74. The number of halogens is 2. The lowest BCUT2D eigenvalue weighted by molar-refractivity contribution is 0.0560. The van der Waals surface area contributed by atoms with Gasteiger partial charge in [0.1, 0.15) is 17.1 Å². The van der Waals surface area contributed by atoms with Gasteiger partial charge in [0.25, 0.3) is 5.91 Å². The van der Waals surface area contributed by atoms with Crippen LogP contribution in [-0.4, -0.2) is 26.5 Å². The van der Waals surface area contributed by atoms with Gasteiger partial charge in [-0.15, -0.1) is 0 Å². The number of aromatic nitrogens is 2. The van der Waals surface area contributed by atoms with Gasteiger partial charge in [-0.3, -0.25) is 4.79 Å². The zero-order valence-electron chi connectivity index (χ0n) is 12.1. The number of nitrogens with one attached hydrogen (secondary N) is 1. The van der Waals surface area contributed by atoms with E-state index in [-0.39, 0.29) is 28.5 Å². The van der Waals surface area contributed by atoms with Crippen molar-refractivity contribution < 1.29 is 23.1 Å². The van der Waals surface area contributed by atoms with Crippen LogP contribution in [0.5, 0.6) is 5.75 Å². The van der Waals surface area contributed by atoms with Gasteiger partial charge in [-0.2, -0.15) is 19.0 Å². The molecule has 2 N–H and O–H groups in total. The van der Waals surface area contributed by atoms with Crippen LogP contribution in [0.3, 0.4) is 0 Å². The molecule has 0 fully saturated rings. The summed E-state index contributed by atoms with van der Waals surface area (Å²) in [5.74, 6) is -0.985. The van der Waals surface area contributed by atoms with E-state index in [0.29, 0.717) is 4.68 Å². The average molecular weight is 326 g/mol. The molecule has 0 aliphatic rings. The zero-order chi connectivity index (χ0) is 17.1. The van der Waals surface area contributed by atoms with Crippen LogP contribution >= 0.6 is 0 Å². The molecule has 122 valence electrons. The lowest BCUT2D eigenvalue weighted by atomic mass is 10.2. The molecule has 2 aromatic rings. The van der Waals surface area contributed by atoms with Gasteiger partial charge in [0.05, 0.1) is 5.71 Å². The molecule has 0 spiro atoms. The van der Waals surface area contributed by atoms with Crippen molar-refractivity contribution in [3.8, 4) is 5.75 Å². The lowest BCUT2D eigenvalue weighted by Gasteiger charge is -2.03. The molecule has 8 nitrogen and oxygen atoms in total. The molecular formula is C13H12F2N4O4. The van der Waals surface area contributed by atoms with Crippen LogP contribution in [0.4, 0.5) is 8.78 Å². The second-order valence-corrected chi connectivity index (χ2v) is 4.50. The molecule has 0 saturated heterocycles. The Morgan fingerprint density at radius 3 is 2.78 bits per heavy atom. The Hall–Kier alpha value is -3.04. The largest absolute Gasteiger partial charge is 0.507 e. The number of rotatable bonds is 4.